The van der Waals surface area contributed by atoms with Gasteiger partial charge in [-0.05, 0) is 37.0 Å². The number of likely N-dealkylation sites (tertiary alicyclic amines) is 1. The van der Waals surface area contributed by atoms with Crippen molar-refractivity contribution in [1.29, 1.82) is 0 Å². The highest BCUT2D eigenvalue weighted by atomic mass is 35.5. The number of nitrogens with one attached hydrogen (secondary N) is 1. The summed E-state index contributed by atoms with van der Waals surface area (Å²) in [6, 6.07) is 8.71. The van der Waals surface area contributed by atoms with E-state index in [0.717, 1.165) is 5.56 Å². The van der Waals surface area contributed by atoms with Crippen LogP contribution in [-0.2, 0) is 20.7 Å². The van der Waals surface area contributed by atoms with Gasteiger partial charge in [0.2, 0.25) is 5.91 Å². The summed E-state index contributed by atoms with van der Waals surface area (Å²) >= 11 is 5.96. The van der Waals surface area contributed by atoms with Gasteiger partial charge in [0, 0.05) is 24.2 Å². The minimum absolute atomic E-state index is 0.193. The Morgan fingerprint density at radius 3 is 2.45 bits per heavy atom. The minimum Gasteiger partial charge on any atom is -0.467 e. The Kier molecular flexibility index (Phi) is 4.82. The highest BCUT2D eigenvalue weighted by molar-refractivity contribution is 6.30. The summed E-state index contributed by atoms with van der Waals surface area (Å²) < 4.78 is 9.56. The Morgan fingerprint density at radius 1 is 1.21 bits per heavy atom. The summed E-state index contributed by atoms with van der Waals surface area (Å²) in [7, 11) is 1.31. The average Bonchev–Trinajstić information content (AvgIpc) is 3.25. The van der Waals surface area contributed by atoms with Crippen molar-refractivity contribution < 1.29 is 23.6 Å². The van der Waals surface area contributed by atoms with Crippen LogP contribution in [0.25, 0.3) is 0 Å². The Hall–Kier alpha value is -2.87. The van der Waals surface area contributed by atoms with Gasteiger partial charge in [0.15, 0.2) is 5.69 Å². The molecule has 1 saturated carbocycles. The van der Waals surface area contributed by atoms with E-state index in [1.54, 1.807) is 17.0 Å². The maximum Gasteiger partial charge on any atom is 0.331 e. The second-order valence-corrected chi connectivity index (χ2v) is 8.09. The van der Waals surface area contributed by atoms with Crippen LogP contribution in [0.15, 0.2) is 41.1 Å². The summed E-state index contributed by atoms with van der Waals surface area (Å²) in [5.74, 6) is -1.01. The number of halogens is 1. The molecular formula is C20H20ClN3O5. The molecule has 1 aromatic carbocycles. The fraction of sp³-hybridized carbons (Fsp3) is 0.400. The first-order valence-corrected chi connectivity index (χ1v) is 9.60. The van der Waals surface area contributed by atoms with Crippen molar-refractivity contribution in [3.8, 4) is 0 Å². The van der Waals surface area contributed by atoms with E-state index in [4.69, 9.17) is 20.9 Å². The molecule has 0 spiro atoms. The number of amides is 2. The molecule has 0 unspecified atom stereocenters. The Morgan fingerprint density at radius 2 is 1.90 bits per heavy atom. The Labute approximate surface area is 172 Å². The summed E-state index contributed by atoms with van der Waals surface area (Å²) in [5, 5.41) is 7.14. The molecule has 152 valence electrons. The molecule has 9 heteroatoms. The number of aromatic nitrogens is 1. The number of methoxy groups -OCH3 is 1. The normalized spacial score (nSPS) is 18.5. The van der Waals surface area contributed by atoms with Gasteiger partial charge in [-0.3, -0.25) is 9.59 Å². The maximum absolute atomic E-state index is 13.2. The maximum atomic E-state index is 13.2. The Balaban J connectivity index is 1.53. The molecule has 2 aromatic rings. The van der Waals surface area contributed by atoms with Gasteiger partial charge in [0.25, 0.3) is 5.91 Å². The first kappa shape index (κ1) is 19.4. The van der Waals surface area contributed by atoms with Crippen molar-refractivity contribution in [2.24, 2.45) is 5.41 Å². The predicted octanol–water partition coefficient (Wildman–Crippen LogP) is 1.83. The third-order valence-electron chi connectivity index (χ3n) is 5.55. The minimum atomic E-state index is -0.949. The summed E-state index contributed by atoms with van der Waals surface area (Å²) in [5.41, 5.74) is -0.689. The highest BCUT2D eigenvalue weighted by Gasteiger charge is 2.58. The van der Waals surface area contributed by atoms with E-state index < -0.39 is 16.9 Å². The number of esters is 1. The molecule has 8 nitrogen and oxygen atoms in total. The molecule has 1 aliphatic heterocycles. The molecule has 4 rings (SSSR count). The van der Waals surface area contributed by atoms with Crippen molar-refractivity contribution in [2.45, 2.75) is 24.8 Å². The van der Waals surface area contributed by atoms with Crippen LogP contribution in [0.4, 0.5) is 0 Å². The topological polar surface area (TPSA) is 102 Å². The van der Waals surface area contributed by atoms with Crippen LogP contribution in [0, 0.1) is 5.41 Å². The summed E-state index contributed by atoms with van der Waals surface area (Å²) in [6.07, 6.45) is 2.83. The van der Waals surface area contributed by atoms with Crippen molar-refractivity contribution in [3.63, 3.8) is 0 Å². The van der Waals surface area contributed by atoms with E-state index in [9.17, 15) is 14.4 Å². The lowest BCUT2D eigenvalue weighted by atomic mass is 9.73. The quantitative estimate of drug-likeness (QED) is 0.719. The smallest absolute Gasteiger partial charge is 0.331 e. The molecule has 0 atom stereocenters. The van der Waals surface area contributed by atoms with Gasteiger partial charge in [-0.25, -0.2) is 4.79 Å². The van der Waals surface area contributed by atoms with E-state index in [-0.39, 0.29) is 30.6 Å². The molecule has 2 heterocycles. The summed E-state index contributed by atoms with van der Waals surface area (Å²) in [6.45, 7) is 0.425. The van der Waals surface area contributed by atoms with Crippen LogP contribution in [0.2, 0.25) is 5.02 Å². The fourth-order valence-corrected chi connectivity index (χ4v) is 3.82. The van der Waals surface area contributed by atoms with Crippen LogP contribution in [0.1, 0.15) is 28.9 Å². The zero-order valence-corrected chi connectivity index (χ0v) is 16.6. The van der Waals surface area contributed by atoms with E-state index in [0.29, 0.717) is 24.3 Å². The molecule has 2 aliphatic rings. The van der Waals surface area contributed by atoms with Crippen molar-refractivity contribution in [3.05, 3.63) is 52.9 Å². The number of carbonyl (C=O) groups is 3. The van der Waals surface area contributed by atoms with E-state index in [2.05, 4.69) is 10.5 Å². The van der Waals surface area contributed by atoms with Gasteiger partial charge in [-0.15, -0.1) is 0 Å². The van der Waals surface area contributed by atoms with Crippen LogP contribution >= 0.6 is 11.6 Å². The molecule has 29 heavy (non-hydrogen) atoms. The second kappa shape index (κ2) is 7.18. The van der Waals surface area contributed by atoms with Gasteiger partial charge in [0.1, 0.15) is 11.8 Å². The van der Waals surface area contributed by atoms with Crippen LogP contribution < -0.4 is 5.32 Å². The molecule has 2 amide bonds. The van der Waals surface area contributed by atoms with Crippen molar-refractivity contribution >= 4 is 29.4 Å². The number of nitrogens with zero attached hydrogens (tertiary/aromatic N) is 2. The number of hydrogen-bond donors (Lipinski definition) is 1. The zero-order valence-electron chi connectivity index (χ0n) is 15.8. The van der Waals surface area contributed by atoms with Gasteiger partial charge in [0.05, 0.1) is 12.5 Å². The molecule has 2 fully saturated rings. The van der Waals surface area contributed by atoms with Crippen LogP contribution in [0.3, 0.4) is 0 Å². The third-order valence-corrected chi connectivity index (χ3v) is 5.80. The molecule has 1 aromatic heterocycles. The number of hydrogen-bond acceptors (Lipinski definition) is 6. The molecule has 0 radical (unpaired) electrons. The number of rotatable bonds is 6. The predicted molar refractivity (Wildman–Crippen MR) is 102 cm³/mol. The van der Waals surface area contributed by atoms with E-state index >= 15 is 0 Å². The standard InChI is InChI=1S/C20H20ClN3O5/c1-28-18(27)20(7-8-20)22-17(26)19(10-13-2-4-14(21)5-3-13)11-24(12-19)16(25)15-6-9-29-23-15/h2-6,9H,7-8,10-12H2,1H3,(H,22,26). The molecule has 1 saturated heterocycles. The second-order valence-electron chi connectivity index (χ2n) is 7.66. The van der Waals surface area contributed by atoms with E-state index in [1.165, 1.54) is 19.4 Å². The third kappa shape index (κ3) is 3.60. The zero-order chi connectivity index (χ0) is 20.6. The molecular weight excluding hydrogens is 398 g/mol. The lowest BCUT2D eigenvalue weighted by molar-refractivity contribution is -0.150. The molecule has 1 N–H and O–H groups in total. The molecule has 0 bridgehead atoms. The molecule has 1 aliphatic carbocycles. The first-order valence-electron chi connectivity index (χ1n) is 9.23. The van der Waals surface area contributed by atoms with E-state index in [1.807, 2.05) is 12.1 Å². The largest absolute Gasteiger partial charge is 0.467 e. The number of ether oxygens (including phenoxy) is 1. The van der Waals surface area contributed by atoms with Crippen LogP contribution in [0.5, 0.6) is 0 Å². The average molecular weight is 418 g/mol. The first-order chi connectivity index (χ1) is 13.9. The number of carbonyl (C=O) groups excluding carboxylic acids is 3. The Bertz CT molecular complexity index is 932. The fourth-order valence-electron chi connectivity index (χ4n) is 3.69. The van der Waals surface area contributed by atoms with Gasteiger partial charge in [-0.2, -0.15) is 0 Å². The van der Waals surface area contributed by atoms with Crippen molar-refractivity contribution in [2.75, 3.05) is 20.2 Å². The highest BCUT2D eigenvalue weighted by Crippen LogP contribution is 2.41. The van der Waals surface area contributed by atoms with Gasteiger partial charge < -0.3 is 19.5 Å². The van der Waals surface area contributed by atoms with Crippen LogP contribution in [-0.4, -0.2) is 53.6 Å². The van der Waals surface area contributed by atoms with Gasteiger partial charge in [-0.1, -0.05) is 28.9 Å². The summed E-state index contributed by atoms with van der Waals surface area (Å²) in [4.78, 5) is 39.4. The number of benzene rings is 1. The van der Waals surface area contributed by atoms with Gasteiger partial charge >= 0.3 is 5.97 Å². The SMILES string of the molecule is COC(=O)C1(NC(=O)C2(Cc3ccc(Cl)cc3)CN(C(=O)c3ccon3)C2)CC1. The lowest BCUT2D eigenvalue weighted by Gasteiger charge is -2.49. The lowest BCUT2D eigenvalue weighted by Crippen LogP contribution is -2.67. The van der Waals surface area contributed by atoms with Crippen molar-refractivity contribution in [1.82, 2.24) is 15.4 Å². The monoisotopic (exact) mass is 417 g/mol.